The highest BCUT2D eigenvalue weighted by atomic mass is 32.2. The zero-order valence-corrected chi connectivity index (χ0v) is 11.0. The van der Waals surface area contributed by atoms with Crippen LogP contribution >= 0.6 is 11.8 Å². The molecule has 0 spiro atoms. The first kappa shape index (κ1) is 13.0. The van der Waals surface area contributed by atoms with Crippen LogP contribution in [0.5, 0.6) is 0 Å². The van der Waals surface area contributed by atoms with Gasteiger partial charge in [0.05, 0.1) is 12.5 Å². The van der Waals surface area contributed by atoms with Crippen molar-refractivity contribution in [1.29, 1.82) is 0 Å². The van der Waals surface area contributed by atoms with Crippen LogP contribution in [0.1, 0.15) is 16.9 Å². The minimum absolute atomic E-state index is 0.0170. The summed E-state index contributed by atoms with van der Waals surface area (Å²) in [6.07, 6.45) is 1.83. The first-order valence-corrected chi connectivity index (χ1v) is 6.97. The molecule has 1 fully saturated rings. The molecule has 0 saturated carbocycles. The largest absolute Gasteiger partial charge is 0.481 e. The highest BCUT2D eigenvalue weighted by molar-refractivity contribution is 7.99. The number of carboxylic acid groups (broad SMARTS) is 1. The van der Waals surface area contributed by atoms with Gasteiger partial charge in [-0.2, -0.15) is 11.8 Å². The van der Waals surface area contributed by atoms with E-state index in [0.29, 0.717) is 18.0 Å². The van der Waals surface area contributed by atoms with Crippen LogP contribution in [-0.2, 0) is 11.8 Å². The molecule has 0 bridgehead atoms. The number of carboxylic acids is 1. The molecule has 1 atom stereocenters. The fourth-order valence-corrected chi connectivity index (χ4v) is 3.19. The van der Waals surface area contributed by atoms with E-state index in [-0.39, 0.29) is 18.4 Å². The summed E-state index contributed by atoms with van der Waals surface area (Å²) in [7, 11) is 1.82. The molecular weight excluding hydrogens is 252 g/mol. The second kappa shape index (κ2) is 5.48. The van der Waals surface area contributed by atoms with Gasteiger partial charge in [-0.25, -0.2) is 0 Å². The summed E-state index contributed by atoms with van der Waals surface area (Å²) in [5.74, 6) is 0.635. The molecule has 18 heavy (non-hydrogen) atoms. The maximum absolute atomic E-state index is 12.4. The van der Waals surface area contributed by atoms with E-state index >= 15 is 0 Å². The Bertz CT molecular complexity index is 458. The van der Waals surface area contributed by atoms with Gasteiger partial charge in [-0.05, 0) is 12.1 Å². The normalized spacial score (nSPS) is 19.8. The van der Waals surface area contributed by atoms with Crippen molar-refractivity contribution in [3.05, 3.63) is 24.0 Å². The lowest BCUT2D eigenvalue weighted by Gasteiger charge is -2.34. The summed E-state index contributed by atoms with van der Waals surface area (Å²) in [4.78, 5) is 24.9. The smallest absolute Gasteiger partial charge is 0.305 e. The van der Waals surface area contributed by atoms with E-state index in [1.54, 1.807) is 27.3 Å². The zero-order valence-electron chi connectivity index (χ0n) is 10.2. The van der Waals surface area contributed by atoms with Crippen molar-refractivity contribution in [3.8, 4) is 0 Å². The van der Waals surface area contributed by atoms with Gasteiger partial charge >= 0.3 is 5.97 Å². The Balaban J connectivity index is 2.16. The average Bonchev–Trinajstić information content (AvgIpc) is 2.74. The maximum atomic E-state index is 12.4. The highest BCUT2D eigenvalue weighted by Crippen LogP contribution is 2.21. The molecule has 0 aromatic carbocycles. The number of carbonyl (C=O) groups excluding carboxylic acids is 1. The molecule has 1 N–H and O–H groups in total. The topological polar surface area (TPSA) is 62.5 Å². The standard InChI is InChI=1S/C12H16N2O3S/c1-13-4-2-3-10(13)12(17)14-5-6-18-8-9(14)7-11(15)16/h2-4,9H,5-8H2,1H3,(H,15,16)/t9-/m0/s1. The van der Waals surface area contributed by atoms with Crippen molar-refractivity contribution in [2.24, 2.45) is 7.05 Å². The quantitative estimate of drug-likeness (QED) is 0.890. The third-order valence-corrected chi connectivity index (χ3v) is 4.15. The highest BCUT2D eigenvalue weighted by Gasteiger charge is 2.30. The molecule has 1 aliphatic rings. The lowest BCUT2D eigenvalue weighted by atomic mass is 10.2. The predicted octanol–water partition coefficient (Wildman–Crippen LogP) is 1.06. The number of nitrogens with zero attached hydrogens (tertiary/aromatic N) is 2. The number of aliphatic carboxylic acids is 1. The van der Waals surface area contributed by atoms with E-state index in [1.165, 1.54) is 0 Å². The van der Waals surface area contributed by atoms with Gasteiger partial charge in [-0.15, -0.1) is 0 Å². The van der Waals surface area contributed by atoms with Gasteiger partial charge in [0.25, 0.3) is 5.91 Å². The number of carbonyl (C=O) groups is 2. The van der Waals surface area contributed by atoms with Crippen LogP contribution < -0.4 is 0 Å². The number of aryl methyl sites for hydroxylation is 1. The number of amides is 1. The van der Waals surface area contributed by atoms with Gasteiger partial charge in [-0.3, -0.25) is 9.59 Å². The van der Waals surface area contributed by atoms with E-state index in [4.69, 9.17) is 5.11 Å². The molecule has 0 aliphatic carbocycles. The van der Waals surface area contributed by atoms with Crippen LogP contribution in [0, 0.1) is 0 Å². The van der Waals surface area contributed by atoms with Crippen molar-refractivity contribution < 1.29 is 14.7 Å². The minimum atomic E-state index is -0.854. The summed E-state index contributed by atoms with van der Waals surface area (Å²) < 4.78 is 1.77. The second-order valence-corrected chi connectivity index (χ2v) is 5.48. The van der Waals surface area contributed by atoms with Gasteiger partial charge in [0, 0.05) is 31.3 Å². The lowest BCUT2D eigenvalue weighted by molar-refractivity contribution is -0.138. The van der Waals surface area contributed by atoms with Crippen LogP contribution in [-0.4, -0.2) is 50.5 Å². The SMILES string of the molecule is Cn1cccc1C(=O)N1CCSC[C@@H]1CC(=O)O. The van der Waals surface area contributed by atoms with Crippen LogP contribution in [0.2, 0.25) is 0 Å². The molecule has 2 heterocycles. The van der Waals surface area contributed by atoms with Crippen molar-refractivity contribution >= 4 is 23.6 Å². The Morgan fingerprint density at radius 3 is 2.94 bits per heavy atom. The lowest BCUT2D eigenvalue weighted by Crippen LogP contribution is -2.47. The van der Waals surface area contributed by atoms with Gasteiger partial charge in [0.15, 0.2) is 0 Å². The molecule has 0 unspecified atom stereocenters. The van der Waals surface area contributed by atoms with Crippen molar-refractivity contribution in [2.45, 2.75) is 12.5 Å². The van der Waals surface area contributed by atoms with Crippen LogP contribution in [0.25, 0.3) is 0 Å². The van der Waals surface area contributed by atoms with Crippen molar-refractivity contribution in [1.82, 2.24) is 9.47 Å². The Morgan fingerprint density at radius 1 is 1.56 bits per heavy atom. The molecular formula is C12H16N2O3S. The zero-order chi connectivity index (χ0) is 13.1. The summed E-state index contributed by atoms with van der Waals surface area (Å²) >= 11 is 1.70. The Hall–Kier alpha value is -1.43. The van der Waals surface area contributed by atoms with Gasteiger partial charge in [0.1, 0.15) is 5.69 Å². The number of hydrogen-bond donors (Lipinski definition) is 1. The number of thioether (sulfide) groups is 1. The maximum Gasteiger partial charge on any atom is 0.305 e. The van der Waals surface area contributed by atoms with Crippen molar-refractivity contribution in [3.63, 3.8) is 0 Å². The van der Waals surface area contributed by atoms with Crippen LogP contribution in [0.3, 0.4) is 0 Å². The van der Waals surface area contributed by atoms with E-state index in [0.717, 1.165) is 5.75 Å². The van der Waals surface area contributed by atoms with Crippen molar-refractivity contribution in [2.75, 3.05) is 18.1 Å². The molecule has 5 nitrogen and oxygen atoms in total. The predicted molar refractivity (Wildman–Crippen MR) is 69.8 cm³/mol. The molecule has 1 amide bonds. The number of hydrogen-bond acceptors (Lipinski definition) is 3. The summed E-state index contributed by atoms with van der Waals surface area (Å²) in [6, 6.07) is 3.38. The van der Waals surface area contributed by atoms with Gasteiger partial charge in [-0.1, -0.05) is 0 Å². The first-order valence-electron chi connectivity index (χ1n) is 5.81. The van der Waals surface area contributed by atoms with Gasteiger partial charge in [0.2, 0.25) is 0 Å². The first-order chi connectivity index (χ1) is 8.59. The fraction of sp³-hybridized carbons (Fsp3) is 0.500. The van der Waals surface area contributed by atoms with Crippen LogP contribution in [0.15, 0.2) is 18.3 Å². The average molecular weight is 268 g/mol. The Labute approximate surface area is 110 Å². The third kappa shape index (κ3) is 2.69. The van der Waals surface area contributed by atoms with E-state index in [2.05, 4.69) is 0 Å². The molecule has 1 aromatic rings. The molecule has 0 radical (unpaired) electrons. The van der Waals surface area contributed by atoms with E-state index < -0.39 is 5.97 Å². The third-order valence-electron chi connectivity index (χ3n) is 3.06. The molecule has 1 aliphatic heterocycles. The number of rotatable bonds is 3. The molecule has 98 valence electrons. The molecule has 1 saturated heterocycles. The molecule has 1 aromatic heterocycles. The minimum Gasteiger partial charge on any atom is -0.481 e. The Kier molecular flexibility index (Phi) is 3.96. The van der Waals surface area contributed by atoms with Crippen LogP contribution in [0.4, 0.5) is 0 Å². The summed E-state index contributed by atoms with van der Waals surface area (Å²) in [5, 5.41) is 8.90. The monoisotopic (exact) mass is 268 g/mol. The van der Waals surface area contributed by atoms with E-state index in [9.17, 15) is 9.59 Å². The Morgan fingerprint density at radius 2 is 2.33 bits per heavy atom. The second-order valence-electron chi connectivity index (χ2n) is 4.33. The van der Waals surface area contributed by atoms with E-state index in [1.807, 2.05) is 19.3 Å². The van der Waals surface area contributed by atoms with Gasteiger partial charge < -0.3 is 14.6 Å². The molecule has 6 heteroatoms. The summed E-state index contributed by atoms with van der Waals surface area (Å²) in [5.41, 5.74) is 0.609. The molecule has 2 rings (SSSR count). The fourth-order valence-electron chi connectivity index (χ4n) is 2.12. The summed E-state index contributed by atoms with van der Waals surface area (Å²) in [6.45, 7) is 0.618. The number of aromatic nitrogens is 1.